The first-order chi connectivity index (χ1) is 24.5. The second kappa shape index (κ2) is 13.4. The number of halogens is 2. The van der Waals surface area contributed by atoms with E-state index in [0.717, 1.165) is 0 Å². The quantitative estimate of drug-likeness (QED) is 0.306. The molecule has 0 amide bonds. The summed E-state index contributed by atoms with van der Waals surface area (Å²) in [7, 11) is 0. The van der Waals surface area contributed by atoms with E-state index in [-0.39, 0.29) is 62.7 Å². The molecular formula is C51H60Cl2Zr. The van der Waals surface area contributed by atoms with Crippen LogP contribution in [0.1, 0.15) is 91.5 Å². The number of aryl methyl sites for hydroxylation is 2. The van der Waals surface area contributed by atoms with Crippen molar-refractivity contribution in [2.75, 3.05) is 0 Å². The van der Waals surface area contributed by atoms with Crippen molar-refractivity contribution in [1.82, 2.24) is 0 Å². The van der Waals surface area contributed by atoms with E-state index < -0.39 is 21.3 Å². The molecule has 0 bridgehead atoms. The topological polar surface area (TPSA) is 0 Å². The van der Waals surface area contributed by atoms with E-state index in [1.54, 1.807) is 12.1 Å². The first kappa shape index (κ1) is 41.3. The molecule has 0 N–H and O–H groups in total. The molecule has 0 nitrogen and oxygen atoms in total. The van der Waals surface area contributed by atoms with Gasteiger partial charge >= 0.3 is 325 Å². The molecule has 0 saturated heterocycles. The van der Waals surface area contributed by atoms with Crippen LogP contribution in [0.3, 0.4) is 0 Å². The van der Waals surface area contributed by atoms with Crippen LogP contribution in [0.25, 0.3) is 0 Å². The van der Waals surface area contributed by atoms with E-state index in [4.69, 9.17) is 0 Å². The molecular weight excluding hydrogens is 775 g/mol. The minimum Gasteiger partial charge on any atom is -1.00 e. The first-order valence-electron chi connectivity index (χ1n) is 19.9. The minimum atomic E-state index is -3.05. The Kier molecular flexibility index (Phi) is 10.2. The molecule has 6 aliphatic carbocycles. The summed E-state index contributed by atoms with van der Waals surface area (Å²) in [5.74, 6) is 0.842. The Morgan fingerprint density at radius 3 is 1.54 bits per heavy atom. The summed E-state index contributed by atoms with van der Waals surface area (Å²) in [5.41, 5.74) is 7.80. The molecule has 282 valence electrons. The fourth-order valence-electron chi connectivity index (χ4n) is 13.9. The molecule has 10 unspecified atom stereocenters. The van der Waals surface area contributed by atoms with Crippen LogP contribution in [-0.4, -0.2) is 3.21 Å². The van der Waals surface area contributed by atoms with Crippen molar-refractivity contribution in [3.05, 3.63) is 164 Å². The summed E-state index contributed by atoms with van der Waals surface area (Å²) >= 11 is -3.05. The van der Waals surface area contributed by atoms with E-state index >= 15 is 0 Å². The smallest absolute Gasteiger partial charge is 1.00 e. The summed E-state index contributed by atoms with van der Waals surface area (Å²) in [6.45, 7) is 30.8. The van der Waals surface area contributed by atoms with Gasteiger partial charge in [0.05, 0.1) is 0 Å². The van der Waals surface area contributed by atoms with Gasteiger partial charge in [0.25, 0.3) is 0 Å². The van der Waals surface area contributed by atoms with Crippen LogP contribution in [0.2, 0.25) is 3.63 Å². The number of rotatable bonds is 4. The number of fused-ring (bicyclic) bond motifs is 8. The Morgan fingerprint density at radius 2 is 1.06 bits per heavy atom. The van der Waals surface area contributed by atoms with Crippen molar-refractivity contribution < 1.29 is 46.1 Å². The van der Waals surface area contributed by atoms with Gasteiger partial charge in [0.2, 0.25) is 0 Å². The third-order valence-electron chi connectivity index (χ3n) is 17.5. The number of hydrogen-bond donors (Lipinski definition) is 0. The normalized spacial score (nSPS) is 40.4. The molecule has 2 aromatic rings. The van der Waals surface area contributed by atoms with Crippen molar-refractivity contribution in [1.29, 1.82) is 0 Å². The molecule has 6 aliphatic rings. The predicted octanol–water partition coefficient (Wildman–Crippen LogP) is 7.22. The fourth-order valence-corrected chi connectivity index (χ4v) is 25.8. The van der Waals surface area contributed by atoms with E-state index in [1.165, 1.54) is 27.8 Å². The maximum absolute atomic E-state index is 3.05. The molecule has 0 radical (unpaired) electrons. The largest absolute Gasteiger partial charge is 1.00 e. The maximum Gasteiger partial charge on any atom is -1.00 e. The number of hydrogen-bond acceptors (Lipinski definition) is 0. The van der Waals surface area contributed by atoms with Crippen LogP contribution in [-0.2, 0) is 21.3 Å². The van der Waals surface area contributed by atoms with E-state index in [0.29, 0.717) is 15.5 Å². The van der Waals surface area contributed by atoms with Gasteiger partial charge < -0.3 is 24.8 Å². The van der Waals surface area contributed by atoms with Crippen LogP contribution in [0.4, 0.5) is 0 Å². The average Bonchev–Trinajstić information content (AvgIpc) is 3.53. The molecule has 2 saturated carbocycles. The minimum absolute atomic E-state index is 0. The second-order valence-electron chi connectivity index (χ2n) is 18.8. The van der Waals surface area contributed by atoms with Gasteiger partial charge in [-0.3, -0.25) is 0 Å². The van der Waals surface area contributed by atoms with Crippen LogP contribution < -0.4 is 24.8 Å². The van der Waals surface area contributed by atoms with Gasteiger partial charge in [-0.15, -0.1) is 0 Å². The van der Waals surface area contributed by atoms with Gasteiger partial charge in [0, 0.05) is 0 Å². The molecule has 0 aromatic heterocycles. The summed E-state index contributed by atoms with van der Waals surface area (Å²) in [4.78, 5) is 0. The zero-order valence-electron chi connectivity index (χ0n) is 34.6. The van der Waals surface area contributed by atoms with Crippen LogP contribution in [0.5, 0.6) is 0 Å². The molecule has 10 atom stereocenters. The molecule has 0 heterocycles. The Hall–Kier alpha value is -2.31. The predicted molar refractivity (Wildman–Crippen MR) is 220 cm³/mol. The summed E-state index contributed by atoms with van der Waals surface area (Å²) in [6, 6.07) is 19.3. The fraction of sp³-hybridized carbons (Fsp3) is 0.431. The molecule has 0 aliphatic heterocycles. The Morgan fingerprint density at radius 1 is 0.593 bits per heavy atom. The van der Waals surface area contributed by atoms with Crippen molar-refractivity contribution in [3.63, 3.8) is 0 Å². The van der Waals surface area contributed by atoms with E-state index in [2.05, 4.69) is 211 Å². The molecule has 2 aromatic carbocycles. The molecule has 8 rings (SSSR count). The van der Waals surface area contributed by atoms with Gasteiger partial charge in [0.1, 0.15) is 0 Å². The van der Waals surface area contributed by atoms with Crippen LogP contribution in [0.15, 0.2) is 142 Å². The van der Waals surface area contributed by atoms with Gasteiger partial charge in [-0.2, -0.15) is 0 Å². The van der Waals surface area contributed by atoms with Crippen molar-refractivity contribution in [2.24, 2.45) is 49.7 Å². The summed E-state index contributed by atoms with van der Waals surface area (Å²) in [5, 5.41) is 0. The second-order valence-corrected chi connectivity index (χ2v) is 25.0. The van der Waals surface area contributed by atoms with Crippen LogP contribution >= 0.6 is 0 Å². The SMILES string of the molecule is CC1=CC(C)[C]([Zr+2](=[C](c2ccc(C)cc2)c2ccc(C)cc2)[CH]2C3C=CC=C(C)C3(C)C3(C)C4(C)C=CC=CC4(C)C4(C)C=CC=CC4(C)C23C)=C1.[Cl-].[Cl-]. The summed E-state index contributed by atoms with van der Waals surface area (Å²) < 4.78 is 3.93. The Balaban J connectivity index is 0.00000249. The van der Waals surface area contributed by atoms with Crippen molar-refractivity contribution in [3.8, 4) is 0 Å². The third kappa shape index (κ3) is 4.68. The molecule has 2 fully saturated rings. The maximum atomic E-state index is 2.82. The summed E-state index contributed by atoms with van der Waals surface area (Å²) in [6.07, 6.45) is 33.1. The van der Waals surface area contributed by atoms with Crippen LogP contribution in [0, 0.1) is 63.6 Å². The van der Waals surface area contributed by atoms with Gasteiger partial charge in [0.15, 0.2) is 0 Å². The van der Waals surface area contributed by atoms with E-state index in [1.807, 2.05) is 0 Å². The van der Waals surface area contributed by atoms with Gasteiger partial charge in [-0.1, -0.05) is 0 Å². The van der Waals surface area contributed by atoms with Gasteiger partial charge in [-0.05, 0) is 0 Å². The van der Waals surface area contributed by atoms with Crippen molar-refractivity contribution in [2.45, 2.75) is 86.7 Å². The zero-order chi connectivity index (χ0) is 37.3. The molecule has 54 heavy (non-hydrogen) atoms. The molecule has 3 heteroatoms. The Labute approximate surface area is 347 Å². The van der Waals surface area contributed by atoms with Gasteiger partial charge in [-0.25, -0.2) is 0 Å². The first-order valence-corrected chi connectivity index (χ1v) is 23.7. The van der Waals surface area contributed by atoms with Crippen molar-refractivity contribution >= 4 is 3.21 Å². The average molecular weight is 835 g/mol. The zero-order valence-corrected chi connectivity index (χ0v) is 38.6. The Bertz CT molecular complexity index is 2110. The number of allylic oxidation sites excluding steroid dienone is 16. The monoisotopic (exact) mass is 832 g/mol. The molecule has 0 spiro atoms. The van der Waals surface area contributed by atoms with E-state index in [9.17, 15) is 0 Å². The standard InChI is InChI=1S/C29H37.C15H14.C7H9.2ClH.Zr/c1-21-14-13-15-22-20-27(6)25(4)18-10-9-16-23(25,2)24(3)17-11-12-19-26(24,5)29(27,8)28(21,22)7;1-12-3-7-14(8-4-12)11-15-9-5-13(2)6-10-15;1-6-3-4-7(2)5-6;;;/h9-20,22H,1-8H3;3-10H,1-2H3;3,5,7H,1-2H3;2*1H;/q;;;;;+2/p-2. The number of benzene rings is 2. The third-order valence-corrected chi connectivity index (χ3v) is 27.0.